The van der Waals surface area contributed by atoms with E-state index in [0.29, 0.717) is 0 Å². The van der Waals surface area contributed by atoms with Crippen molar-refractivity contribution in [1.82, 2.24) is 5.32 Å². The van der Waals surface area contributed by atoms with Crippen LogP contribution in [0.3, 0.4) is 0 Å². The van der Waals surface area contributed by atoms with Crippen LogP contribution < -0.4 is 5.32 Å². The highest BCUT2D eigenvalue weighted by atomic mass is 19.1. The summed E-state index contributed by atoms with van der Waals surface area (Å²) in [6.45, 7) is -0.714. The summed E-state index contributed by atoms with van der Waals surface area (Å²) in [5.74, 6) is -2.55. The molecule has 5 nitrogen and oxygen atoms in total. The molecule has 0 saturated carbocycles. The number of amides is 1. The molecule has 0 aliphatic carbocycles. The van der Waals surface area contributed by atoms with E-state index in [1.165, 1.54) is 24.3 Å². The molecule has 3 N–H and O–H groups in total. The fourth-order valence-electron chi connectivity index (χ4n) is 1.18. The lowest BCUT2D eigenvalue weighted by Crippen LogP contribution is -2.42. The van der Waals surface area contributed by atoms with Gasteiger partial charge in [-0.25, -0.2) is 9.18 Å². The van der Waals surface area contributed by atoms with Gasteiger partial charge in [0.05, 0.1) is 6.61 Å². The van der Waals surface area contributed by atoms with Crippen LogP contribution in [0, 0.1) is 5.82 Å². The fourth-order valence-corrected chi connectivity index (χ4v) is 1.18. The third-order valence-corrected chi connectivity index (χ3v) is 2.12. The molecule has 1 rings (SSSR count). The zero-order valence-corrected chi connectivity index (χ0v) is 9.34. The number of benzene rings is 1. The summed E-state index contributed by atoms with van der Waals surface area (Å²) >= 11 is 0. The van der Waals surface area contributed by atoms with E-state index in [-0.39, 0.29) is 5.56 Å². The molecule has 0 aromatic heterocycles. The lowest BCUT2D eigenvalue weighted by atomic mass is 10.2. The van der Waals surface area contributed by atoms with E-state index in [9.17, 15) is 14.0 Å². The Labute approximate surface area is 103 Å². The van der Waals surface area contributed by atoms with Crippen LogP contribution in [0.15, 0.2) is 30.3 Å². The van der Waals surface area contributed by atoms with Crippen LogP contribution >= 0.6 is 0 Å². The number of carbonyl (C=O) groups excluding carboxylic acids is 1. The molecule has 96 valence electrons. The average molecular weight is 253 g/mol. The first-order valence-corrected chi connectivity index (χ1v) is 5.11. The predicted molar refractivity (Wildman–Crippen MR) is 62.1 cm³/mol. The minimum Gasteiger partial charge on any atom is -0.480 e. The summed E-state index contributed by atoms with van der Waals surface area (Å²) in [4.78, 5) is 21.8. The van der Waals surface area contributed by atoms with Gasteiger partial charge >= 0.3 is 5.97 Å². The summed E-state index contributed by atoms with van der Waals surface area (Å²) < 4.78 is 13.2. The van der Waals surface area contributed by atoms with Crippen molar-refractivity contribution in [2.45, 2.75) is 6.04 Å². The minimum absolute atomic E-state index is 0.212. The number of aliphatic carboxylic acids is 1. The second kappa shape index (κ2) is 6.51. The van der Waals surface area contributed by atoms with Crippen molar-refractivity contribution in [3.05, 3.63) is 41.7 Å². The Kier molecular flexibility index (Phi) is 5.01. The number of nitrogens with one attached hydrogen (secondary N) is 1. The SMILES string of the molecule is O=C(/C=C/c1ccccc1F)N[C@@H](CO)C(=O)O. The van der Waals surface area contributed by atoms with Crippen LogP contribution in [-0.2, 0) is 9.59 Å². The van der Waals surface area contributed by atoms with E-state index in [1.54, 1.807) is 6.07 Å². The lowest BCUT2D eigenvalue weighted by molar-refractivity contribution is -0.142. The first-order valence-electron chi connectivity index (χ1n) is 5.11. The molecule has 0 unspecified atom stereocenters. The third kappa shape index (κ3) is 3.99. The Morgan fingerprint density at radius 2 is 2.06 bits per heavy atom. The lowest BCUT2D eigenvalue weighted by Gasteiger charge is -2.09. The van der Waals surface area contributed by atoms with Crippen LogP contribution in [0.2, 0.25) is 0 Å². The second-order valence-electron chi connectivity index (χ2n) is 3.44. The van der Waals surface area contributed by atoms with Crippen LogP contribution in [0.1, 0.15) is 5.56 Å². The van der Waals surface area contributed by atoms with Gasteiger partial charge in [-0.05, 0) is 12.1 Å². The molecule has 0 aliphatic heterocycles. The van der Waals surface area contributed by atoms with Crippen molar-refractivity contribution in [3.63, 3.8) is 0 Å². The molecule has 0 spiro atoms. The molecule has 0 aliphatic rings. The Bertz CT molecular complexity index is 473. The molecule has 1 atom stereocenters. The largest absolute Gasteiger partial charge is 0.480 e. The van der Waals surface area contributed by atoms with E-state index in [4.69, 9.17) is 10.2 Å². The Balaban J connectivity index is 2.65. The number of aliphatic hydroxyl groups is 1. The number of carboxylic acids is 1. The molecule has 18 heavy (non-hydrogen) atoms. The molecular formula is C12H12FNO4. The van der Waals surface area contributed by atoms with Crippen LogP contribution in [-0.4, -0.2) is 34.7 Å². The first kappa shape index (κ1) is 13.9. The van der Waals surface area contributed by atoms with E-state index < -0.39 is 30.3 Å². The van der Waals surface area contributed by atoms with Crippen molar-refractivity contribution in [3.8, 4) is 0 Å². The number of hydrogen-bond acceptors (Lipinski definition) is 3. The molecule has 0 bridgehead atoms. The van der Waals surface area contributed by atoms with Gasteiger partial charge in [-0.3, -0.25) is 4.79 Å². The number of halogens is 1. The van der Waals surface area contributed by atoms with E-state index in [0.717, 1.165) is 6.08 Å². The fraction of sp³-hybridized carbons (Fsp3) is 0.167. The van der Waals surface area contributed by atoms with Gasteiger partial charge in [0.25, 0.3) is 0 Å². The summed E-state index contributed by atoms with van der Waals surface area (Å²) in [5, 5.41) is 19.3. The average Bonchev–Trinajstić information content (AvgIpc) is 2.34. The van der Waals surface area contributed by atoms with Gasteiger partial charge in [0, 0.05) is 11.6 Å². The van der Waals surface area contributed by atoms with Gasteiger partial charge in [0.1, 0.15) is 5.82 Å². The highest BCUT2D eigenvalue weighted by Gasteiger charge is 2.17. The Morgan fingerprint density at radius 3 is 2.61 bits per heavy atom. The zero-order chi connectivity index (χ0) is 13.5. The molecule has 1 amide bonds. The smallest absolute Gasteiger partial charge is 0.328 e. The highest BCUT2D eigenvalue weighted by molar-refractivity contribution is 5.94. The quantitative estimate of drug-likeness (QED) is 0.663. The topological polar surface area (TPSA) is 86.6 Å². The van der Waals surface area contributed by atoms with Crippen molar-refractivity contribution in [1.29, 1.82) is 0 Å². The number of carbonyl (C=O) groups is 2. The number of carboxylic acid groups (broad SMARTS) is 1. The molecule has 1 aromatic carbocycles. The van der Waals surface area contributed by atoms with Crippen LogP contribution in [0.5, 0.6) is 0 Å². The van der Waals surface area contributed by atoms with Crippen molar-refractivity contribution < 1.29 is 24.2 Å². The molecule has 0 radical (unpaired) electrons. The third-order valence-electron chi connectivity index (χ3n) is 2.12. The number of aliphatic hydroxyl groups excluding tert-OH is 1. The molecular weight excluding hydrogens is 241 g/mol. The Hall–Kier alpha value is -2.21. The maximum atomic E-state index is 13.2. The molecule has 0 heterocycles. The van der Waals surface area contributed by atoms with Gasteiger partial charge in [-0.1, -0.05) is 18.2 Å². The van der Waals surface area contributed by atoms with Gasteiger partial charge < -0.3 is 15.5 Å². The highest BCUT2D eigenvalue weighted by Crippen LogP contribution is 2.07. The van der Waals surface area contributed by atoms with Crippen LogP contribution in [0.25, 0.3) is 6.08 Å². The maximum absolute atomic E-state index is 13.2. The normalized spacial score (nSPS) is 12.3. The second-order valence-corrected chi connectivity index (χ2v) is 3.44. The van der Waals surface area contributed by atoms with Crippen molar-refractivity contribution >= 4 is 18.0 Å². The molecule has 6 heteroatoms. The summed E-state index contributed by atoms with van der Waals surface area (Å²) in [5.41, 5.74) is 0.212. The monoisotopic (exact) mass is 253 g/mol. The van der Waals surface area contributed by atoms with Gasteiger partial charge in [0.2, 0.25) is 5.91 Å². The minimum atomic E-state index is -1.37. The van der Waals surface area contributed by atoms with Gasteiger partial charge in [-0.2, -0.15) is 0 Å². The Morgan fingerprint density at radius 1 is 1.39 bits per heavy atom. The predicted octanol–water partition coefficient (Wildman–Crippen LogP) is 0.401. The standard InChI is InChI=1S/C12H12FNO4/c13-9-4-2-1-3-8(9)5-6-11(16)14-10(7-15)12(17)18/h1-6,10,15H,7H2,(H,14,16)(H,17,18)/b6-5+/t10-/m0/s1. The van der Waals surface area contributed by atoms with Gasteiger partial charge in [0.15, 0.2) is 6.04 Å². The van der Waals surface area contributed by atoms with E-state index in [2.05, 4.69) is 5.32 Å². The number of rotatable bonds is 5. The zero-order valence-electron chi connectivity index (χ0n) is 9.34. The van der Waals surface area contributed by atoms with Gasteiger partial charge in [-0.15, -0.1) is 0 Å². The summed E-state index contributed by atoms with van der Waals surface area (Å²) in [6, 6.07) is 4.46. The van der Waals surface area contributed by atoms with Crippen LogP contribution in [0.4, 0.5) is 4.39 Å². The molecule has 0 saturated heterocycles. The van der Waals surface area contributed by atoms with E-state index >= 15 is 0 Å². The van der Waals surface area contributed by atoms with Crippen molar-refractivity contribution in [2.24, 2.45) is 0 Å². The number of hydrogen-bond donors (Lipinski definition) is 3. The summed E-state index contributed by atoms with van der Waals surface area (Å²) in [7, 11) is 0. The van der Waals surface area contributed by atoms with E-state index in [1.807, 2.05) is 0 Å². The summed E-state index contributed by atoms with van der Waals surface area (Å²) in [6.07, 6.45) is 2.23. The maximum Gasteiger partial charge on any atom is 0.328 e. The molecule has 0 fully saturated rings. The molecule has 1 aromatic rings. The first-order chi connectivity index (χ1) is 8.54. The van der Waals surface area contributed by atoms with Crippen molar-refractivity contribution in [2.75, 3.05) is 6.61 Å².